The summed E-state index contributed by atoms with van der Waals surface area (Å²) in [5, 5.41) is 9.78. The number of ether oxygens (including phenoxy) is 1. The maximum absolute atomic E-state index is 11.9. The van der Waals surface area contributed by atoms with Crippen molar-refractivity contribution in [1.82, 2.24) is 4.90 Å². The fraction of sp³-hybridized carbons (Fsp3) is 0.933. The summed E-state index contributed by atoms with van der Waals surface area (Å²) in [5.41, 5.74) is -0.519. The maximum Gasteiger partial charge on any atom is 0.311 e. The lowest BCUT2D eigenvalue weighted by Gasteiger charge is -2.48. The third-order valence-electron chi connectivity index (χ3n) is 5.56. The molecule has 2 bridgehead atoms. The Morgan fingerprint density at radius 2 is 1.95 bits per heavy atom. The third-order valence-corrected chi connectivity index (χ3v) is 5.56. The molecule has 4 atom stereocenters. The molecule has 2 saturated heterocycles. The highest BCUT2D eigenvalue weighted by atomic mass is 16.5. The lowest BCUT2D eigenvalue weighted by atomic mass is 9.67. The topological polar surface area (TPSA) is 49.8 Å². The molecule has 0 amide bonds. The average Bonchev–Trinajstić information content (AvgIpc) is 2.77. The van der Waals surface area contributed by atoms with Crippen molar-refractivity contribution in [2.45, 2.75) is 70.1 Å². The van der Waals surface area contributed by atoms with Crippen LogP contribution in [0.3, 0.4) is 0 Å². The van der Waals surface area contributed by atoms with Crippen molar-refractivity contribution >= 4 is 5.97 Å². The van der Waals surface area contributed by atoms with Crippen molar-refractivity contribution in [3.8, 4) is 0 Å². The van der Waals surface area contributed by atoms with Gasteiger partial charge in [-0.05, 0) is 32.1 Å². The number of fused-ring (bicyclic) bond motifs is 2. The molecular formula is C15H25NO3. The number of hydrogen-bond acceptors (Lipinski definition) is 3. The van der Waals surface area contributed by atoms with Crippen molar-refractivity contribution < 1.29 is 14.6 Å². The SMILES string of the molecule is CCC1(C(=O)O)CCCCC1N1CC2CCC(C1)O2. The molecule has 0 radical (unpaired) electrons. The number of carbonyl (C=O) groups is 1. The van der Waals surface area contributed by atoms with Crippen LogP contribution in [0.25, 0.3) is 0 Å². The summed E-state index contributed by atoms with van der Waals surface area (Å²) < 4.78 is 5.89. The minimum absolute atomic E-state index is 0.218. The van der Waals surface area contributed by atoms with Gasteiger partial charge in [0.05, 0.1) is 17.6 Å². The Morgan fingerprint density at radius 3 is 2.53 bits per heavy atom. The molecule has 4 nitrogen and oxygen atoms in total. The van der Waals surface area contributed by atoms with Crippen LogP contribution in [0.2, 0.25) is 0 Å². The van der Waals surface area contributed by atoms with Gasteiger partial charge < -0.3 is 9.84 Å². The molecule has 1 saturated carbocycles. The van der Waals surface area contributed by atoms with E-state index in [1.165, 1.54) is 6.42 Å². The van der Waals surface area contributed by atoms with Gasteiger partial charge in [0.1, 0.15) is 0 Å². The van der Waals surface area contributed by atoms with E-state index >= 15 is 0 Å². The van der Waals surface area contributed by atoms with Crippen LogP contribution in [0.5, 0.6) is 0 Å². The molecule has 0 spiro atoms. The summed E-state index contributed by atoms with van der Waals surface area (Å²) in [6.45, 7) is 3.92. The first kappa shape index (κ1) is 13.4. The lowest BCUT2D eigenvalue weighted by Crippen LogP contribution is -2.58. The number of likely N-dealkylation sites (tertiary alicyclic amines) is 1. The minimum Gasteiger partial charge on any atom is -0.481 e. The molecule has 4 unspecified atom stereocenters. The van der Waals surface area contributed by atoms with E-state index in [-0.39, 0.29) is 6.04 Å². The van der Waals surface area contributed by atoms with E-state index in [1.807, 2.05) is 6.92 Å². The molecule has 4 heteroatoms. The fourth-order valence-electron chi connectivity index (χ4n) is 4.47. The van der Waals surface area contributed by atoms with Gasteiger partial charge in [0, 0.05) is 19.1 Å². The van der Waals surface area contributed by atoms with Crippen LogP contribution in [0, 0.1) is 5.41 Å². The second-order valence-electron chi connectivity index (χ2n) is 6.49. The van der Waals surface area contributed by atoms with Crippen LogP contribution in [0.15, 0.2) is 0 Å². The van der Waals surface area contributed by atoms with Gasteiger partial charge in [-0.1, -0.05) is 19.8 Å². The van der Waals surface area contributed by atoms with Gasteiger partial charge in [0.15, 0.2) is 0 Å². The van der Waals surface area contributed by atoms with Crippen LogP contribution in [-0.2, 0) is 9.53 Å². The molecular weight excluding hydrogens is 242 g/mol. The first-order valence-electron chi connectivity index (χ1n) is 7.78. The molecule has 108 valence electrons. The van der Waals surface area contributed by atoms with Crippen LogP contribution < -0.4 is 0 Å². The van der Waals surface area contributed by atoms with Gasteiger partial charge in [0.25, 0.3) is 0 Å². The van der Waals surface area contributed by atoms with Gasteiger partial charge in [-0.15, -0.1) is 0 Å². The highest BCUT2D eigenvalue weighted by molar-refractivity contribution is 5.75. The van der Waals surface area contributed by atoms with Crippen LogP contribution >= 0.6 is 0 Å². The van der Waals surface area contributed by atoms with Crippen molar-refractivity contribution in [2.75, 3.05) is 13.1 Å². The zero-order valence-corrected chi connectivity index (χ0v) is 11.8. The average molecular weight is 267 g/mol. The first-order valence-corrected chi connectivity index (χ1v) is 7.78. The second-order valence-corrected chi connectivity index (χ2v) is 6.49. The second kappa shape index (κ2) is 5.06. The number of nitrogens with zero attached hydrogens (tertiary/aromatic N) is 1. The normalized spacial score (nSPS) is 43.3. The highest BCUT2D eigenvalue weighted by Gasteiger charge is 2.50. The smallest absolute Gasteiger partial charge is 0.311 e. The van der Waals surface area contributed by atoms with E-state index in [0.29, 0.717) is 12.2 Å². The molecule has 2 aliphatic heterocycles. The minimum atomic E-state index is -0.585. The maximum atomic E-state index is 11.9. The predicted molar refractivity (Wildman–Crippen MR) is 72.1 cm³/mol. The van der Waals surface area contributed by atoms with Gasteiger partial charge in [-0.25, -0.2) is 0 Å². The van der Waals surface area contributed by atoms with Crippen molar-refractivity contribution in [3.63, 3.8) is 0 Å². The Balaban J connectivity index is 1.82. The van der Waals surface area contributed by atoms with Gasteiger partial charge in [0.2, 0.25) is 0 Å². The number of carboxylic acid groups (broad SMARTS) is 1. The molecule has 3 aliphatic rings. The van der Waals surface area contributed by atoms with Crippen molar-refractivity contribution in [1.29, 1.82) is 0 Å². The van der Waals surface area contributed by atoms with E-state index < -0.39 is 11.4 Å². The van der Waals surface area contributed by atoms with Crippen LogP contribution in [-0.4, -0.2) is 47.3 Å². The summed E-state index contributed by atoms with van der Waals surface area (Å²) in [4.78, 5) is 14.3. The summed E-state index contributed by atoms with van der Waals surface area (Å²) in [7, 11) is 0. The molecule has 0 aromatic heterocycles. The largest absolute Gasteiger partial charge is 0.481 e. The standard InChI is InChI=1S/C15H25NO3/c1-2-15(14(17)18)8-4-3-5-13(15)16-9-11-6-7-12(10-16)19-11/h11-13H,2-10H2,1H3,(H,17,18). The van der Waals surface area contributed by atoms with Crippen LogP contribution in [0.4, 0.5) is 0 Å². The Bertz CT molecular complexity index is 347. The summed E-state index contributed by atoms with van der Waals surface area (Å²) in [5.74, 6) is -0.585. The first-order chi connectivity index (χ1) is 9.15. The van der Waals surface area contributed by atoms with E-state index in [4.69, 9.17) is 4.74 Å². The van der Waals surface area contributed by atoms with Crippen molar-refractivity contribution in [3.05, 3.63) is 0 Å². The Labute approximate surface area is 115 Å². The number of carboxylic acids is 1. The molecule has 1 aliphatic carbocycles. The summed E-state index contributed by atoms with van der Waals surface area (Å²) in [6, 6.07) is 0.218. The molecule has 3 fully saturated rings. The molecule has 19 heavy (non-hydrogen) atoms. The van der Waals surface area contributed by atoms with Gasteiger partial charge in [-0.2, -0.15) is 0 Å². The lowest BCUT2D eigenvalue weighted by molar-refractivity contribution is -0.161. The Kier molecular flexibility index (Phi) is 3.56. The Hall–Kier alpha value is -0.610. The third kappa shape index (κ3) is 2.19. The van der Waals surface area contributed by atoms with Gasteiger partial charge in [-0.3, -0.25) is 9.69 Å². The number of morpholine rings is 1. The van der Waals surface area contributed by atoms with Crippen molar-refractivity contribution in [2.24, 2.45) is 5.41 Å². The van der Waals surface area contributed by atoms with E-state index in [9.17, 15) is 9.90 Å². The summed E-state index contributed by atoms with van der Waals surface area (Å²) in [6.07, 6.45) is 7.88. The van der Waals surface area contributed by atoms with E-state index in [0.717, 1.165) is 51.6 Å². The molecule has 0 aromatic carbocycles. The predicted octanol–water partition coefficient (Wildman–Crippen LogP) is 2.27. The molecule has 3 rings (SSSR count). The zero-order chi connectivity index (χ0) is 13.5. The number of rotatable bonds is 3. The monoisotopic (exact) mass is 267 g/mol. The van der Waals surface area contributed by atoms with E-state index in [1.54, 1.807) is 0 Å². The molecule has 1 N–H and O–H groups in total. The quantitative estimate of drug-likeness (QED) is 0.852. The zero-order valence-electron chi connectivity index (χ0n) is 11.8. The molecule has 2 heterocycles. The molecule has 0 aromatic rings. The Morgan fingerprint density at radius 1 is 1.26 bits per heavy atom. The summed E-state index contributed by atoms with van der Waals surface area (Å²) >= 11 is 0. The van der Waals surface area contributed by atoms with Gasteiger partial charge >= 0.3 is 5.97 Å². The van der Waals surface area contributed by atoms with E-state index in [2.05, 4.69) is 4.90 Å². The fourth-order valence-corrected chi connectivity index (χ4v) is 4.47. The van der Waals surface area contributed by atoms with Crippen LogP contribution in [0.1, 0.15) is 51.9 Å². The number of aliphatic carboxylic acids is 1. The number of hydrogen-bond donors (Lipinski definition) is 1. The highest BCUT2D eigenvalue weighted by Crippen LogP contribution is 2.44.